The van der Waals surface area contributed by atoms with E-state index in [0.717, 1.165) is 12.0 Å². The van der Waals surface area contributed by atoms with E-state index < -0.39 is 0 Å². The Kier molecular flexibility index (Phi) is 4.92. The van der Waals surface area contributed by atoms with Crippen molar-refractivity contribution in [3.05, 3.63) is 53.9 Å². The summed E-state index contributed by atoms with van der Waals surface area (Å²) in [5.41, 5.74) is 2.23. The van der Waals surface area contributed by atoms with Crippen LogP contribution in [0.2, 0.25) is 0 Å². The molecule has 1 aromatic heterocycles. The van der Waals surface area contributed by atoms with Crippen molar-refractivity contribution in [2.45, 2.75) is 19.1 Å². The van der Waals surface area contributed by atoms with Gasteiger partial charge in [0, 0.05) is 44.9 Å². The first-order valence-electron chi connectivity index (χ1n) is 7.86. The second kappa shape index (κ2) is 7.28. The fourth-order valence-electron chi connectivity index (χ4n) is 2.76. The predicted octanol–water partition coefficient (Wildman–Crippen LogP) is 1.57. The number of urea groups is 1. The second-order valence-corrected chi connectivity index (χ2v) is 5.81. The fraction of sp³-hybridized carbons (Fsp3) is 0.412. The van der Waals surface area contributed by atoms with Crippen molar-refractivity contribution in [1.82, 2.24) is 20.0 Å². The molecule has 1 aromatic carbocycles. The summed E-state index contributed by atoms with van der Waals surface area (Å²) < 4.78 is 7.52. The molecule has 1 aliphatic heterocycles. The first kappa shape index (κ1) is 15.6. The van der Waals surface area contributed by atoms with E-state index in [1.54, 1.807) is 10.9 Å². The third-order valence-electron chi connectivity index (χ3n) is 3.93. The van der Waals surface area contributed by atoms with E-state index in [0.29, 0.717) is 26.2 Å². The Bertz CT molecular complexity index is 641. The van der Waals surface area contributed by atoms with Gasteiger partial charge in [-0.05, 0) is 5.56 Å². The van der Waals surface area contributed by atoms with E-state index in [1.165, 1.54) is 5.56 Å². The van der Waals surface area contributed by atoms with E-state index in [1.807, 2.05) is 36.3 Å². The van der Waals surface area contributed by atoms with Gasteiger partial charge in [0.1, 0.15) is 0 Å². The number of aryl methyl sites for hydroxylation is 1. The highest BCUT2D eigenvalue weighted by Crippen LogP contribution is 2.12. The SMILES string of the molecule is Cn1cc(CNC(=O)N2CCOC(Cc3ccccc3)C2)cn1. The quantitative estimate of drug-likeness (QED) is 0.932. The molecule has 23 heavy (non-hydrogen) atoms. The Morgan fingerprint density at radius 2 is 2.17 bits per heavy atom. The van der Waals surface area contributed by atoms with Gasteiger partial charge in [-0.3, -0.25) is 4.68 Å². The van der Waals surface area contributed by atoms with Crippen molar-refractivity contribution in [3.63, 3.8) is 0 Å². The Hall–Kier alpha value is -2.34. The molecule has 0 spiro atoms. The summed E-state index contributed by atoms with van der Waals surface area (Å²) in [6.07, 6.45) is 4.54. The number of nitrogens with one attached hydrogen (secondary N) is 1. The van der Waals surface area contributed by atoms with Gasteiger partial charge in [-0.1, -0.05) is 30.3 Å². The van der Waals surface area contributed by atoms with Crippen LogP contribution in [0.25, 0.3) is 0 Å². The van der Waals surface area contributed by atoms with Gasteiger partial charge in [0.05, 0.1) is 18.9 Å². The van der Waals surface area contributed by atoms with Crippen LogP contribution in [0.15, 0.2) is 42.7 Å². The van der Waals surface area contributed by atoms with Gasteiger partial charge in [-0.15, -0.1) is 0 Å². The molecule has 0 saturated carbocycles. The van der Waals surface area contributed by atoms with Crippen molar-refractivity contribution < 1.29 is 9.53 Å². The average Bonchev–Trinajstić information content (AvgIpc) is 2.99. The number of morpholine rings is 1. The van der Waals surface area contributed by atoms with Crippen LogP contribution in [0.1, 0.15) is 11.1 Å². The van der Waals surface area contributed by atoms with Crippen molar-refractivity contribution in [1.29, 1.82) is 0 Å². The monoisotopic (exact) mass is 314 g/mol. The zero-order chi connectivity index (χ0) is 16.1. The standard InChI is InChI=1S/C17H22N4O2/c1-20-12-15(11-19-20)10-18-17(22)21-7-8-23-16(13-21)9-14-5-3-2-4-6-14/h2-6,11-12,16H,7-10,13H2,1H3,(H,18,22). The first-order chi connectivity index (χ1) is 11.2. The molecular formula is C17H22N4O2. The maximum absolute atomic E-state index is 12.3. The lowest BCUT2D eigenvalue weighted by molar-refractivity contribution is -0.0133. The second-order valence-electron chi connectivity index (χ2n) is 5.81. The van der Waals surface area contributed by atoms with Crippen LogP contribution in [0, 0.1) is 0 Å². The van der Waals surface area contributed by atoms with E-state index in [9.17, 15) is 4.79 Å². The average molecular weight is 314 g/mol. The molecule has 6 nitrogen and oxygen atoms in total. The molecule has 2 heterocycles. The summed E-state index contributed by atoms with van der Waals surface area (Å²) in [6, 6.07) is 10.2. The predicted molar refractivity (Wildman–Crippen MR) is 86.9 cm³/mol. The van der Waals surface area contributed by atoms with Gasteiger partial charge >= 0.3 is 6.03 Å². The number of carbonyl (C=O) groups is 1. The molecule has 122 valence electrons. The molecule has 1 atom stereocenters. The van der Waals surface area contributed by atoms with Crippen molar-refractivity contribution >= 4 is 6.03 Å². The Labute approximate surface area is 136 Å². The van der Waals surface area contributed by atoms with Gasteiger partial charge in [-0.25, -0.2) is 4.79 Å². The molecule has 0 aliphatic carbocycles. The van der Waals surface area contributed by atoms with Crippen LogP contribution in [0.4, 0.5) is 4.79 Å². The van der Waals surface area contributed by atoms with Crippen molar-refractivity contribution in [2.75, 3.05) is 19.7 Å². The maximum Gasteiger partial charge on any atom is 0.317 e. The van der Waals surface area contributed by atoms with Gasteiger partial charge in [0.15, 0.2) is 0 Å². The third kappa shape index (κ3) is 4.32. The van der Waals surface area contributed by atoms with Crippen LogP contribution in [0.5, 0.6) is 0 Å². The van der Waals surface area contributed by atoms with Crippen LogP contribution in [0.3, 0.4) is 0 Å². The number of hydrogen-bond donors (Lipinski definition) is 1. The normalized spacial score (nSPS) is 18.0. The number of hydrogen-bond acceptors (Lipinski definition) is 3. The number of rotatable bonds is 4. The fourth-order valence-corrected chi connectivity index (χ4v) is 2.76. The molecule has 1 aliphatic rings. The maximum atomic E-state index is 12.3. The number of benzene rings is 1. The molecule has 1 saturated heterocycles. The van der Waals surface area contributed by atoms with Crippen LogP contribution < -0.4 is 5.32 Å². The van der Waals surface area contributed by atoms with Crippen molar-refractivity contribution in [2.24, 2.45) is 7.05 Å². The topological polar surface area (TPSA) is 59.4 Å². The summed E-state index contributed by atoms with van der Waals surface area (Å²) >= 11 is 0. The lowest BCUT2D eigenvalue weighted by Crippen LogP contribution is -2.50. The number of ether oxygens (including phenoxy) is 1. The Morgan fingerprint density at radius 1 is 1.35 bits per heavy atom. The molecule has 1 unspecified atom stereocenters. The van der Waals surface area contributed by atoms with E-state index in [-0.39, 0.29) is 12.1 Å². The van der Waals surface area contributed by atoms with E-state index in [2.05, 4.69) is 22.5 Å². The summed E-state index contributed by atoms with van der Waals surface area (Å²) in [4.78, 5) is 14.1. The van der Waals surface area contributed by atoms with Crippen molar-refractivity contribution in [3.8, 4) is 0 Å². The highest BCUT2D eigenvalue weighted by atomic mass is 16.5. The molecule has 2 aromatic rings. The summed E-state index contributed by atoms with van der Waals surface area (Å²) in [6.45, 7) is 2.32. The van der Waals surface area contributed by atoms with Crippen LogP contribution in [-0.2, 0) is 24.8 Å². The number of aromatic nitrogens is 2. The minimum absolute atomic E-state index is 0.0461. The molecule has 0 radical (unpaired) electrons. The third-order valence-corrected chi connectivity index (χ3v) is 3.93. The Balaban J connectivity index is 1.50. The minimum atomic E-state index is -0.0461. The summed E-state index contributed by atoms with van der Waals surface area (Å²) in [7, 11) is 1.86. The zero-order valence-electron chi connectivity index (χ0n) is 13.3. The molecule has 1 N–H and O–H groups in total. The van der Waals surface area contributed by atoms with Crippen LogP contribution in [-0.4, -0.2) is 46.5 Å². The molecule has 1 fully saturated rings. The van der Waals surface area contributed by atoms with E-state index >= 15 is 0 Å². The summed E-state index contributed by atoms with van der Waals surface area (Å²) in [5, 5.41) is 7.04. The lowest BCUT2D eigenvalue weighted by Gasteiger charge is -2.33. The zero-order valence-corrected chi connectivity index (χ0v) is 13.3. The van der Waals surface area contributed by atoms with Gasteiger partial charge in [0.2, 0.25) is 0 Å². The molecule has 2 amide bonds. The summed E-state index contributed by atoms with van der Waals surface area (Å²) in [5.74, 6) is 0. The number of nitrogens with zero attached hydrogens (tertiary/aromatic N) is 3. The largest absolute Gasteiger partial charge is 0.374 e. The molecule has 3 rings (SSSR count). The lowest BCUT2D eigenvalue weighted by atomic mass is 10.1. The minimum Gasteiger partial charge on any atom is -0.374 e. The van der Waals surface area contributed by atoms with Crippen LogP contribution >= 0.6 is 0 Å². The Morgan fingerprint density at radius 3 is 2.91 bits per heavy atom. The molecular weight excluding hydrogens is 292 g/mol. The number of carbonyl (C=O) groups excluding carboxylic acids is 1. The number of amides is 2. The van der Waals surface area contributed by atoms with E-state index in [4.69, 9.17) is 4.74 Å². The van der Waals surface area contributed by atoms with Gasteiger partial charge < -0.3 is 15.0 Å². The molecule has 0 bridgehead atoms. The smallest absolute Gasteiger partial charge is 0.317 e. The molecule has 6 heteroatoms. The highest BCUT2D eigenvalue weighted by Gasteiger charge is 2.24. The van der Waals surface area contributed by atoms with Gasteiger partial charge in [0.25, 0.3) is 0 Å². The van der Waals surface area contributed by atoms with Gasteiger partial charge in [-0.2, -0.15) is 5.10 Å². The first-order valence-corrected chi connectivity index (χ1v) is 7.86. The highest BCUT2D eigenvalue weighted by molar-refractivity contribution is 5.74.